The van der Waals surface area contributed by atoms with Crippen LogP contribution in [0.1, 0.15) is 26.3 Å². The van der Waals surface area contributed by atoms with Crippen LogP contribution in [-0.4, -0.2) is 54.6 Å². The highest BCUT2D eigenvalue weighted by Gasteiger charge is 2.13. The van der Waals surface area contributed by atoms with Crippen LogP contribution in [0, 0.1) is 0 Å². The molecule has 4 nitrogen and oxygen atoms in total. The minimum absolute atomic E-state index is 0.552. The fourth-order valence-electron chi connectivity index (χ4n) is 2.31. The number of nitrogens with one attached hydrogen (secondary N) is 1. The van der Waals surface area contributed by atoms with Gasteiger partial charge in [0, 0.05) is 31.9 Å². The van der Waals surface area contributed by atoms with Gasteiger partial charge in [0.1, 0.15) is 5.82 Å². The molecule has 0 aliphatic carbocycles. The van der Waals surface area contributed by atoms with Crippen LogP contribution in [0.3, 0.4) is 0 Å². The molecular formula is C15H28N4. The molecule has 0 aromatic carbocycles. The Morgan fingerprint density at radius 1 is 1.32 bits per heavy atom. The summed E-state index contributed by atoms with van der Waals surface area (Å²) in [5, 5.41) is 3.26. The average molecular weight is 264 g/mol. The van der Waals surface area contributed by atoms with Gasteiger partial charge in [-0.25, -0.2) is 4.98 Å². The second-order valence-electron chi connectivity index (χ2n) is 5.25. The predicted molar refractivity (Wildman–Crippen MR) is 82.5 cm³/mol. The minimum atomic E-state index is 0.552. The van der Waals surface area contributed by atoms with Gasteiger partial charge in [0.2, 0.25) is 0 Å². The number of hydrogen-bond donors (Lipinski definition) is 1. The van der Waals surface area contributed by atoms with Gasteiger partial charge >= 0.3 is 0 Å². The summed E-state index contributed by atoms with van der Waals surface area (Å²) in [5.74, 6) is 0.969. The maximum atomic E-state index is 4.32. The maximum Gasteiger partial charge on any atom is 0.126 e. The Bertz CT molecular complexity index is 365. The Morgan fingerprint density at radius 3 is 2.63 bits per heavy atom. The van der Waals surface area contributed by atoms with Crippen molar-refractivity contribution in [2.45, 2.75) is 33.4 Å². The molecule has 1 aromatic rings. The zero-order valence-electron chi connectivity index (χ0n) is 13.0. The number of hydrogen-bond acceptors (Lipinski definition) is 4. The summed E-state index contributed by atoms with van der Waals surface area (Å²) in [6.45, 7) is 10.6. The lowest BCUT2D eigenvalue weighted by molar-refractivity contribution is 0.174. The fraction of sp³-hybridized carbons (Fsp3) is 0.667. The molecule has 0 amide bonds. The molecule has 0 aliphatic heterocycles. The van der Waals surface area contributed by atoms with E-state index in [1.54, 1.807) is 0 Å². The summed E-state index contributed by atoms with van der Waals surface area (Å²) < 4.78 is 0. The van der Waals surface area contributed by atoms with E-state index in [0.29, 0.717) is 6.04 Å². The number of likely N-dealkylation sites (N-methyl/N-ethyl adjacent to an activating group) is 2. The number of anilines is 1. The monoisotopic (exact) mass is 264 g/mol. The maximum absolute atomic E-state index is 4.32. The van der Waals surface area contributed by atoms with E-state index in [1.807, 2.05) is 6.20 Å². The topological polar surface area (TPSA) is 31.4 Å². The van der Waals surface area contributed by atoms with E-state index in [4.69, 9.17) is 0 Å². The third kappa shape index (κ3) is 5.57. The minimum Gasteiger partial charge on any atom is -0.370 e. The van der Waals surface area contributed by atoms with E-state index in [-0.39, 0.29) is 0 Å². The molecule has 0 saturated carbocycles. The van der Waals surface area contributed by atoms with E-state index in [0.717, 1.165) is 32.0 Å². The van der Waals surface area contributed by atoms with E-state index in [1.165, 1.54) is 5.56 Å². The van der Waals surface area contributed by atoms with Crippen molar-refractivity contribution in [1.29, 1.82) is 0 Å². The molecule has 19 heavy (non-hydrogen) atoms. The molecule has 1 unspecified atom stereocenters. The van der Waals surface area contributed by atoms with Crippen LogP contribution >= 0.6 is 0 Å². The quantitative estimate of drug-likeness (QED) is 0.780. The molecule has 1 N–H and O–H groups in total. The second kappa shape index (κ2) is 8.12. The zero-order valence-corrected chi connectivity index (χ0v) is 13.0. The molecule has 1 rings (SSSR count). The van der Waals surface area contributed by atoms with Crippen molar-refractivity contribution in [2.75, 3.05) is 39.0 Å². The number of aromatic nitrogens is 1. The first-order valence-electron chi connectivity index (χ1n) is 7.14. The molecule has 1 heterocycles. The summed E-state index contributed by atoms with van der Waals surface area (Å²) in [7, 11) is 4.25. The van der Waals surface area contributed by atoms with Crippen molar-refractivity contribution >= 4 is 5.82 Å². The van der Waals surface area contributed by atoms with Crippen LogP contribution in [0.2, 0.25) is 0 Å². The van der Waals surface area contributed by atoms with Gasteiger partial charge in [-0.05, 0) is 52.2 Å². The molecule has 0 aliphatic rings. The van der Waals surface area contributed by atoms with Crippen LogP contribution in [0.15, 0.2) is 18.3 Å². The Labute approximate surface area is 117 Å². The lowest BCUT2D eigenvalue weighted by atomic mass is 10.2. The Balaban J connectivity index is 2.66. The summed E-state index contributed by atoms with van der Waals surface area (Å²) in [4.78, 5) is 9.05. The van der Waals surface area contributed by atoms with Crippen LogP contribution in [-0.2, 0) is 6.54 Å². The van der Waals surface area contributed by atoms with Gasteiger partial charge in [0.05, 0.1) is 0 Å². The standard InChI is InChI=1S/C15H28N4/c1-6-16-15-10-14(8-9-17-15)12-19(7-2)13(3)11-18(4)5/h8-10,13H,6-7,11-12H2,1-5H3,(H,16,17). The SMILES string of the molecule is CCNc1cc(CN(CC)C(C)CN(C)C)ccn1. The Hall–Kier alpha value is -1.13. The van der Waals surface area contributed by atoms with E-state index in [9.17, 15) is 0 Å². The first kappa shape index (κ1) is 15.9. The van der Waals surface area contributed by atoms with Crippen molar-refractivity contribution in [3.63, 3.8) is 0 Å². The van der Waals surface area contributed by atoms with Gasteiger partial charge in [-0.15, -0.1) is 0 Å². The third-order valence-corrected chi connectivity index (χ3v) is 3.23. The highest BCUT2D eigenvalue weighted by Crippen LogP contribution is 2.12. The first-order chi connectivity index (χ1) is 9.06. The molecule has 1 atom stereocenters. The Kier molecular flexibility index (Phi) is 6.81. The van der Waals surface area contributed by atoms with Gasteiger partial charge in [0.15, 0.2) is 0 Å². The van der Waals surface area contributed by atoms with Crippen molar-refractivity contribution < 1.29 is 0 Å². The second-order valence-corrected chi connectivity index (χ2v) is 5.25. The smallest absolute Gasteiger partial charge is 0.126 e. The molecule has 0 radical (unpaired) electrons. The number of pyridine rings is 1. The fourth-order valence-corrected chi connectivity index (χ4v) is 2.31. The lowest BCUT2D eigenvalue weighted by Gasteiger charge is -2.30. The van der Waals surface area contributed by atoms with Crippen molar-refractivity contribution in [2.24, 2.45) is 0 Å². The van der Waals surface area contributed by atoms with Gasteiger partial charge in [-0.1, -0.05) is 6.92 Å². The van der Waals surface area contributed by atoms with Gasteiger partial charge in [-0.2, -0.15) is 0 Å². The number of nitrogens with zero attached hydrogens (tertiary/aromatic N) is 3. The van der Waals surface area contributed by atoms with E-state index < -0.39 is 0 Å². The number of rotatable bonds is 8. The largest absolute Gasteiger partial charge is 0.370 e. The molecular weight excluding hydrogens is 236 g/mol. The first-order valence-corrected chi connectivity index (χ1v) is 7.14. The highest BCUT2D eigenvalue weighted by molar-refractivity contribution is 5.37. The average Bonchev–Trinajstić information content (AvgIpc) is 2.36. The van der Waals surface area contributed by atoms with Gasteiger partial charge in [0.25, 0.3) is 0 Å². The zero-order chi connectivity index (χ0) is 14.3. The summed E-state index contributed by atoms with van der Waals surface area (Å²) in [5.41, 5.74) is 1.32. The van der Waals surface area contributed by atoms with Crippen molar-refractivity contribution in [3.8, 4) is 0 Å². The molecule has 0 fully saturated rings. The van der Waals surface area contributed by atoms with Crippen molar-refractivity contribution in [3.05, 3.63) is 23.9 Å². The van der Waals surface area contributed by atoms with Crippen molar-refractivity contribution in [1.82, 2.24) is 14.8 Å². The Morgan fingerprint density at radius 2 is 2.05 bits per heavy atom. The molecule has 0 saturated heterocycles. The summed E-state index contributed by atoms with van der Waals surface area (Å²) in [6.07, 6.45) is 1.89. The lowest BCUT2D eigenvalue weighted by Crippen LogP contribution is -2.39. The van der Waals surface area contributed by atoms with Crippen LogP contribution < -0.4 is 5.32 Å². The predicted octanol–water partition coefficient (Wildman–Crippen LogP) is 2.29. The summed E-state index contributed by atoms with van der Waals surface area (Å²) in [6, 6.07) is 4.80. The highest BCUT2D eigenvalue weighted by atomic mass is 15.2. The van der Waals surface area contributed by atoms with E-state index in [2.05, 4.69) is 67.1 Å². The molecule has 1 aromatic heterocycles. The van der Waals surface area contributed by atoms with Gasteiger partial charge in [-0.3, -0.25) is 4.90 Å². The van der Waals surface area contributed by atoms with Crippen LogP contribution in [0.25, 0.3) is 0 Å². The van der Waals surface area contributed by atoms with E-state index >= 15 is 0 Å². The van der Waals surface area contributed by atoms with Gasteiger partial charge < -0.3 is 10.2 Å². The normalized spacial score (nSPS) is 13.0. The van der Waals surface area contributed by atoms with Crippen LogP contribution in [0.4, 0.5) is 5.82 Å². The molecule has 4 heteroatoms. The summed E-state index contributed by atoms with van der Waals surface area (Å²) >= 11 is 0. The van der Waals surface area contributed by atoms with Crippen LogP contribution in [0.5, 0.6) is 0 Å². The molecule has 0 spiro atoms. The molecule has 0 bridgehead atoms. The molecule has 108 valence electrons. The third-order valence-electron chi connectivity index (χ3n) is 3.23.